The average molecular weight is 278 g/mol. The molecule has 110 valence electrons. The molecule has 2 amide bonds. The molecule has 1 aliphatic rings. The molecule has 0 saturated carbocycles. The monoisotopic (exact) mass is 278 g/mol. The van der Waals surface area contributed by atoms with Crippen LogP contribution in [0.4, 0.5) is 10.5 Å². The van der Waals surface area contributed by atoms with Gasteiger partial charge in [-0.1, -0.05) is 0 Å². The van der Waals surface area contributed by atoms with E-state index in [0.717, 1.165) is 43.8 Å². The van der Waals surface area contributed by atoms with E-state index in [1.165, 1.54) is 0 Å². The maximum absolute atomic E-state index is 12.2. The van der Waals surface area contributed by atoms with Crippen LogP contribution in [0.3, 0.4) is 0 Å². The number of rotatable bonds is 4. The Balaban J connectivity index is 1.89. The summed E-state index contributed by atoms with van der Waals surface area (Å²) in [6, 6.07) is 7.22. The Kier molecular flexibility index (Phi) is 5.24. The van der Waals surface area contributed by atoms with Gasteiger partial charge in [0.1, 0.15) is 5.75 Å². The van der Waals surface area contributed by atoms with E-state index < -0.39 is 0 Å². The smallest absolute Gasteiger partial charge is 0.321 e. The van der Waals surface area contributed by atoms with Gasteiger partial charge in [-0.15, -0.1) is 0 Å². The number of benzene rings is 1. The summed E-state index contributed by atoms with van der Waals surface area (Å²) in [5, 5.41) is 11.9. The van der Waals surface area contributed by atoms with Crippen molar-refractivity contribution in [2.75, 3.05) is 32.1 Å². The molecule has 1 aliphatic heterocycles. The van der Waals surface area contributed by atoms with Crippen molar-refractivity contribution in [2.45, 2.75) is 19.3 Å². The van der Waals surface area contributed by atoms with Gasteiger partial charge >= 0.3 is 6.03 Å². The highest BCUT2D eigenvalue weighted by Gasteiger charge is 2.23. The number of hydrogen-bond acceptors (Lipinski definition) is 3. The summed E-state index contributed by atoms with van der Waals surface area (Å²) < 4.78 is 5.08. The summed E-state index contributed by atoms with van der Waals surface area (Å²) in [7, 11) is 1.61. The zero-order chi connectivity index (χ0) is 14.4. The molecule has 5 heteroatoms. The molecule has 1 aromatic rings. The van der Waals surface area contributed by atoms with E-state index in [1.807, 2.05) is 29.2 Å². The number of ether oxygens (including phenoxy) is 1. The average Bonchev–Trinajstić information content (AvgIpc) is 2.48. The molecular weight excluding hydrogens is 256 g/mol. The summed E-state index contributed by atoms with van der Waals surface area (Å²) in [5.74, 6) is 1.18. The number of aliphatic hydroxyl groups is 1. The second kappa shape index (κ2) is 7.14. The number of nitrogens with one attached hydrogen (secondary N) is 1. The number of nitrogens with zero attached hydrogens (tertiary/aromatic N) is 1. The lowest BCUT2D eigenvalue weighted by atomic mass is 9.95. The SMILES string of the molecule is COc1ccc(NC(=O)N2CCC[C@@H](CCO)C2)cc1. The molecule has 5 nitrogen and oxygen atoms in total. The van der Waals surface area contributed by atoms with Crippen LogP contribution in [0.2, 0.25) is 0 Å². The van der Waals surface area contributed by atoms with E-state index in [4.69, 9.17) is 9.84 Å². The summed E-state index contributed by atoms with van der Waals surface area (Å²) in [4.78, 5) is 14.0. The Morgan fingerprint density at radius 1 is 1.45 bits per heavy atom. The molecule has 1 atom stereocenters. The molecule has 0 spiro atoms. The fourth-order valence-electron chi connectivity index (χ4n) is 2.54. The molecule has 20 heavy (non-hydrogen) atoms. The number of anilines is 1. The predicted molar refractivity (Wildman–Crippen MR) is 78.0 cm³/mol. The number of carbonyl (C=O) groups is 1. The fourth-order valence-corrected chi connectivity index (χ4v) is 2.54. The first-order valence-corrected chi connectivity index (χ1v) is 7.03. The van der Waals surface area contributed by atoms with Crippen molar-refractivity contribution in [3.63, 3.8) is 0 Å². The minimum absolute atomic E-state index is 0.0715. The van der Waals surface area contributed by atoms with Crippen molar-refractivity contribution in [2.24, 2.45) is 5.92 Å². The summed E-state index contributed by atoms with van der Waals surface area (Å²) >= 11 is 0. The lowest BCUT2D eigenvalue weighted by molar-refractivity contribution is 0.159. The summed E-state index contributed by atoms with van der Waals surface area (Å²) in [5.41, 5.74) is 0.764. The Morgan fingerprint density at radius 2 is 2.20 bits per heavy atom. The largest absolute Gasteiger partial charge is 0.497 e. The Morgan fingerprint density at radius 3 is 2.85 bits per heavy atom. The number of aliphatic hydroxyl groups excluding tert-OH is 1. The third-order valence-electron chi connectivity index (χ3n) is 3.68. The highest BCUT2D eigenvalue weighted by molar-refractivity contribution is 5.89. The Hall–Kier alpha value is -1.75. The number of hydrogen-bond donors (Lipinski definition) is 2. The lowest BCUT2D eigenvalue weighted by Crippen LogP contribution is -2.42. The maximum Gasteiger partial charge on any atom is 0.321 e. The van der Waals surface area contributed by atoms with E-state index in [0.29, 0.717) is 5.92 Å². The highest BCUT2D eigenvalue weighted by Crippen LogP contribution is 2.21. The van der Waals surface area contributed by atoms with Crippen molar-refractivity contribution < 1.29 is 14.6 Å². The van der Waals surface area contributed by atoms with Crippen molar-refractivity contribution in [1.82, 2.24) is 4.90 Å². The second-order valence-electron chi connectivity index (χ2n) is 5.13. The first-order valence-electron chi connectivity index (χ1n) is 7.03. The minimum Gasteiger partial charge on any atom is -0.497 e. The van der Waals surface area contributed by atoms with E-state index in [2.05, 4.69) is 5.32 Å². The number of urea groups is 1. The van der Waals surface area contributed by atoms with Crippen molar-refractivity contribution in [1.29, 1.82) is 0 Å². The van der Waals surface area contributed by atoms with Gasteiger partial charge in [-0.3, -0.25) is 0 Å². The van der Waals surface area contributed by atoms with Crippen LogP contribution in [0.5, 0.6) is 5.75 Å². The highest BCUT2D eigenvalue weighted by atomic mass is 16.5. The number of likely N-dealkylation sites (tertiary alicyclic amines) is 1. The third kappa shape index (κ3) is 3.87. The van der Waals surface area contributed by atoms with Gasteiger partial charge in [-0.05, 0) is 49.4 Å². The summed E-state index contributed by atoms with van der Waals surface area (Å²) in [6.07, 6.45) is 2.86. The third-order valence-corrected chi connectivity index (χ3v) is 3.68. The zero-order valence-corrected chi connectivity index (χ0v) is 11.8. The van der Waals surface area contributed by atoms with E-state index in [1.54, 1.807) is 7.11 Å². The number of piperidine rings is 1. The molecule has 0 bridgehead atoms. The number of carbonyl (C=O) groups excluding carboxylic acids is 1. The topological polar surface area (TPSA) is 61.8 Å². The molecule has 2 rings (SSSR count). The molecule has 0 radical (unpaired) electrons. The van der Waals surface area contributed by atoms with Gasteiger partial charge in [-0.2, -0.15) is 0 Å². The van der Waals surface area contributed by atoms with E-state index in [9.17, 15) is 4.79 Å². The first kappa shape index (κ1) is 14.7. The van der Waals surface area contributed by atoms with Crippen LogP contribution in [-0.2, 0) is 0 Å². The van der Waals surface area contributed by atoms with Crippen LogP contribution < -0.4 is 10.1 Å². The predicted octanol–water partition coefficient (Wildman–Crippen LogP) is 2.32. The van der Waals surface area contributed by atoms with Gasteiger partial charge in [0.05, 0.1) is 7.11 Å². The van der Waals surface area contributed by atoms with Crippen LogP contribution in [0, 0.1) is 5.92 Å². The van der Waals surface area contributed by atoms with Crippen LogP contribution in [0.25, 0.3) is 0 Å². The zero-order valence-electron chi connectivity index (χ0n) is 11.8. The normalized spacial score (nSPS) is 18.7. The van der Waals surface area contributed by atoms with Gasteiger partial charge in [-0.25, -0.2) is 4.79 Å². The minimum atomic E-state index is -0.0715. The molecule has 0 aliphatic carbocycles. The van der Waals surface area contributed by atoms with Crippen molar-refractivity contribution in [3.8, 4) is 5.75 Å². The van der Waals surface area contributed by atoms with Crippen LogP contribution in [-0.4, -0.2) is 42.8 Å². The van der Waals surface area contributed by atoms with Gasteiger partial charge in [0.2, 0.25) is 0 Å². The van der Waals surface area contributed by atoms with Gasteiger partial charge < -0.3 is 20.1 Å². The fraction of sp³-hybridized carbons (Fsp3) is 0.533. The maximum atomic E-state index is 12.2. The first-order chi connectivity index (χ1) is 9.72. The molecule has 2 N–H and O–H groups in total. The molecule has 1 saturated heterocycles. The molecule has 1 aromatic carbocycles. The number of methoxy groups -OCH3 is 1. The van der Waals surface area contributed by atoms with Gasteiger partial charge in [0.25, 0.3) is 0 Å². The Labute approximate surface area is 119 Å². The lowest BCUT2D eigenvalue weighted by Gasteiger charge is -2.32. The van der Waals surface area contributed by atoms with Gasteiger partial charge in [0, 0.05) is 25.4 Å². The molecule has 1 heterocycles. The van der Waals surface area contributed by atoms with Crippen molar-refractivity contribution in [3.05, 3.63) is 24.3 Å². The molecule has 0 aromatic heterocycles. The van der Waals surface area contributed by atoms with Gasteiger partial charge in [0.15, 0.2) is 0 Å². The van der Waals surface area contributed by atoms with Crippen LogP contribution in [0.1, 0.15) is 19.3 Å². The Bertz CT molecular complexity index is 431. The van der Waals surface area contributed by atoms with E-state index >= 15 is 0 Å². The number of amides is 2. The van der Waals surface area contributed by atoms with Crippen molar-refractivity contribution >= 4 is 11.7 Å². The summed E-state index contributed by atoms with van der Waals surface area (Å²) in [6.45, 7) is 1.70. The second-order valence-corrected chi connectivity index (χ2v) is 5.13. The van der Waals surface area contributed by atoms with Crippen LogP contribution >= 0.6 is 0 Å². The van der Waals surface area contributed by atoms with E-state index in [-0.39, 0.29) is 12.6 Å². The molecular formula is C15H22N2O3. The standard InChI is InChI=1S/C15H22N2O3/c1-20-14-6-4-13(5-7-14)16-15(19)17-9-2-3-12(11-17)8-10-18/h4-7,12,18H,2-3,8-11H2,1H3,(H,16,19)/t12-/m0/s1. The van der Waals surface area contributed by atoms with Crippen LogP contribution in [0.15, 0.2) is 24.3 Å². The molecule has 0 unspecified atom stereocenters. The quantitative estimate of drug-likeness (QED) is 0.888. The molecule has 1 fully saturated rings.